The lowest BCUT2D eigenvalue weighted by atomic mass is 10.2. The summed E-state index contributed by atoms with van der Waals surface area (Å²) < 4.78 is 1.29. The average molecular weight is 425 g/mol. The van der Waals surface area contributed by atoms with Gasteiger partial charge in [0.2, 0.25) is 0 Å². The van der Waals surface area contributed by atoms with Gasteiger partial charge >= 0.3 is 0 Å². The summed E-state index contributed by atoms with van der Waals surface area (Å²) in [5.74, 6) is -0.359. The van der Waals surface area contributed by atoms with Gasteiger partial charge in [0.05, 0.1) is 20.7 Å². The molecular weight excluding hydrogens is 419 g/mol. The molecule has 3 nitrogen and oxygen atoms in total. The molecule has 0 fully saturated rings. The van der Waals surface area contributed by atoms with E-state index in [0.29, 0.717) is 19.7 Å². The van der Waals surface area contributed by atoms with Crippen molar-refractivity contribution >= 4 is 66.7 Å². The molecule has 1 amide bonds. The normalized spacial score (nSPS) is 10.3. The minimum absolute atomic E-state index is 0.138. The Morgan fingerprint density at radius 2 is 2.00 bits per heavy atom. The molecular formula is C12H6Br2Cl2N2O. The van der Waals surface area contributed by atoms with Crippen molar-refractivity contribution < 1.29 is 4.79 Å². The Hall–Kier alpha value is -0.620. The molecule has 0 aliphatic carbocycles. The van der Waals surface area contributed by atoms with Crippen LogP contribution in [-0.2, 0) is 0 Å². The molecule has 0 saturated carbocycles. The van der Waals surface area contributed by atoms with Gasteiger partial charge in [0.15, 0.2) is 0 Å². The first kappa shape index (κ1) is 14.8. The first-order chi connectivity index (χ1) is 8.99. The molecule has 0 aliphatic rings. The number of carbonyl (C=O) groups excluding carboxylic acids is 1. The molecule has 1 aromatic heterocycles. The molecule has 0 saturated heterocycles. The number of anilines is 1. The molecule has 19 heavy (non-hydrogen) atoms. The van der Waals surface area contributed by atoms with Gasteiger partial charge in [0, 0.05) is 10.7 Å². The highest BCUT2D eigenvalue weighted by Crippen LogP contribution is 2.30. The fourth-order valence-electron chi connectivity index (χ4n) is 1.37. The van der Waals surface area contributed by atoms with Crippen molar-refractivity contribution in [3.05, 3.63) is 55.1 Å². The summed E-state index contributed by atoms with van der Waals surface area (Å²) >= 11 is 18.4. The van der Waals surface area contributed by atoms with E-state index >= 15 is 0 Å². The van der Waals surface area contributed by atoms with Crippen LogP contribution in [0.3, 0.4) is 0 Å². The molecule has 7 heteroatoms. The van der Waals surface area contributed by atoms with Crippen LogP contribution in [0.4, 0.5) is 5.69 Å². The van der Waals surface area contributed by atoms with Crippen molar-refractivity contribution in [1.29, 1.82) is 0 Å². The molecule has 0 atom stereocenters. The number of aromatic nitrogens is 1. The number of nitrogens with one attached hydrogen (secondary N) is 1. The maximum atomic E-state index is 12.1. The van der Waals surface area contributed by atoms with Crippen molar-refractivity contribution in [2.75, 3.05) is 5.32 Å². The quantitative estimate of drug-likeness (QED) is 0.676. The molecule has 1 heterocycles. The third-order valence-corrected chi connectivity index (χ3v) is 4.38. The van der Waals surface area contributed by atoms with Gasteiger partial charge in [-0.05, 0) is 50.1 Å². The minimum atomic E-state index is -0.359. The van der Waals surface area contributed by atoms with Crippen LogP contribution >= 0.6 is 55.1 Å². The molecule has 0 radical (unpaired) electrons. The van der Waals surface area contributed by atoms with Gasteiger partial charge in [-0.25, -0.2) is 4.98 Å². The van der Waals surface area contributed by atoms with E-state index in [9.17, 15) is 4.79 Å². The maximum absolute atomic E-state index is 12.1. The van der Waals surface area contributed by atoms with Crippen molar-refractivity contribution in [2.24, 2.45) is 0 Å². The number of rotatable bonds is 2. The van der Waals surface area contributed by atoms with Gasteiger partial charge in [0.1, 0.15) is 5.15 Å². The van der Waals surface area contributed by atoms with Crippen LogP contribution in [0, 0.1) is 0 Å². The van der Waals surface area contributed by atoms with Gasteiger partial charge in [-0.15, -0.1) is 0 Å². The van der Waals surface area contributed by atoms with Crippen molar-refractivity contribution in [3.63, 3.8) is 0 Å². The van der Waals surface area contributed by atoms with E-state index in [2.05, 4.69) is 42.2 Å². The van der Waals surface area contributed by atoms with Gasteiger partial charge in [-0.1, -0.05) is 29.3 Å². The number of amides is 1. The Labute approximate surface area is 136 Å². The van der Waals surface area contributed by atoms with Crippen LogP contribution in [-0.4, -0.2) is 10.9 Å². The topological polar surface area (TPSA) is 42.0 Å². The summed E-state index contributed by atoms with van der Waals surface area (Å²) in [4.78, 5) is 16.0. The summed E-state index contributed by atoms with van der Waals surface area (Å²) in [5.41, 5.74) is 0.844. The molecule has 2 aromatic rings. The van der Waals surface area contributed by atoms with E-state index in [1.807, 2.05) is 0 Å². The Morgan fingerprint density at radius 3 is 2.74 bits per heavy atom. The minimum Gasteiger partial charge on any atom is -0.321 e. The number of hydrogen-bond acceptors (Lipinski definition) is 2. The van der Waals surface area contributed by atoms with Crippen molar-refractivity contribution in [2.45, 2.75) is 0 Å². The molecule has 98 valence electrons. The van der Waals surface area contributed by atoms with E-state index in [-0.39, 0.29) is 16.6 Å². The third-order valence-electron chi connectivity index (χ3n) is 2.25. The summed E-state index contributed by atoms with van der Waals surface area (Å²) in [7, 11) is 0. The predicted molar refractivity (Wildman–Crippen MR) is 84.1 cm³/mol. The van der Waals surface area contributed by atoms with E-state index in [0.717, 1.165) is 0 Å². The van der Waals surface area contributed by atoms with E-state index in [1.54, 1.807) is 24.3 Å². The first-order valence-electron chi connectivity index (χ1n) is 5.05. The highest BCUT2D eigenvalue weighted by atomic mass is 79.9. The SMILES string of the molecule is O=C(Nc1cccc(Cl)c1Br)c1cc(Br)cnc1Cl. The van der Waals surface area contributed by atoms with Crippen molar-refractivity contribution in [1.82, 2.24) is 4.98 Å². The van der Waals surface area contributed by atoms with Gasteiger partial charge in [0.25, 0.3) is 5.91 Å². The molecule has 2 rings (SSSR count). The lowest BCUT2D eigenvalue weighted by molar-refractivity contribution is 0.102. The first-order valence-corrected chi connectivity index (χ1v) is 7.39. The molecule has 0 aliphatic heterocycles. The summed E-state index contributed by atoms with van der Waals surface area (Å²) in [5, 5.41) is 3.37. The molecule has 0 unspecified atom stereocenters. The zero-order valence-electron chi connectivity index (χ0n) is 9.25. The number of carbonyl (C=O) groups is 1. The smallest absolute Gasteiger partial charge is 0.258 e. The molecule has 1 aromatic carbocycles. The molecule has 1 N–H and O–H groups in total. The highest BCUT2D eigenvalue weighted by Gasteiger charge is 2.14. The van der Waals surface area contributed by atoms with Crippen LogP contribution in [0.15, 0.2) is 39.4 Å². The zero-order valence-corrected chi connectivity index (χ0v) is 13.9. The number of pyridine rings is 1. The van der Waals surface area contributed by atoms with Crippen LogP contribution in [0.25, 0.3) is 0 Å². The maximum Gasteiger partial charge on any atom is 0.258 e. The Balaban J connectivity index is 2.31. The van der Waals surface area contributed by atoms with Crippen LogP contribution in [0.5, 0.6) is 0 Å². The van der Waals surface area contributed by atoms with E-state index in [1.165, 1.54) is 6.20 Å². The van der Waals surface area contributed by atoms with Crippen LogP contribution in [0.1, 0.15) is 10.4 Å². The third kappa shape index (κ3) is 3.48. The standard InChI is InChI=1S/C12H6Br2Cl2N2O/c13-6-4-7(11(16)17-5-6)12(19)18-9-3-1-2-8(15)10(9)14/h1-5H,(H,18,19). The Kier molecular flexibility index (Phi) is 4.84. The van der Waals surface area contributed by atoms with E-state index in [4.69, 9.17) is 23.2 Å². The number of nitrogens with zero attached hydrogens (tertiary/aromatic N) is 1. The number of halogens is 4. The van der Waals surface area contributed by atoms with E-state index < -0.39 is 0 Å². The molecule has 0 spiro atoms. The number of hydrogen-bond donors (Lipinski definition) is 1. The second-order valence-electron chi connectivity index (χ2n) is 3.55. The summed E-state index contributed by atoms with van der Waals surface area (Å²) in [6, 6.07) is 6.79. The number of benzene rings is 1. The van der Waals surface area contributed by atoms with Crippen LogP contribution < -0.4 is 5.32 Å². The zero-order chi connectivity index (χ0) is 14.0. The van der Waals surface area contributed by atoms with Gasteiger partial charge in [-0.2, -0.15) is 0 Å². The lowest BCUT2D eigenvalue weighted by Crippen LogP contribution is -2.13. The summed E-state index contributed by atoms with van der Waals surface area (Å²) in [6.45, 7) is 0. The average Bonchev–Trinajstić information content (AvgIpc) is 2.38. The second kappa shape index (κ2) is 6.22. The predicted octanol–water partition coefficient (Wildman–Crippen LogP) is 5.17. The summed E-state index contributed by atoms with van der Waals surface area (Å²) in [6.07, 6.45) is 1.52. The van der Waals surface area contributed by atoms with Gasteiger partial charge in [-0.3, -0.25) is 4.79 Å². The monoisotopic (exact) mass is 422 g/mol. The Morgan fingerprint density at radius 1 is 1.26 bits per heavy atom. The van der Waals surface area contributed by atoms with Gasteiger partial charge < -0.3 is 5.32 Å². The lowest BCUT2D eigenvalue weighted by Gasteiger charge is -2.09. The highest BCUT2D eigenvalue weighted by molar-refractivity contribution is 9.11. The van der Waals surface area contributed by atoms with Crippen LogP contribution in [0.2, 0.25) is 10.2 Å². The molecule has 0 bridgehead atoms. The second-order valence-corrected chi connectivity index (χ2v) is 6.02. The fraction of sp³-hybridized carbons (Fsp3) is 0. The Bertz CT molecular complexity index is 650. The fourth-order valence-corrected chi connectivity index (χ4v) is 2.43. The largest absolute Gasteiger partial charge is 0.321 e. The van der Waals surface area contributed by atoms with Crippen molar-refractivity contribution in [3.8, 4) is 0 Å².